The van der Waals surface area contributed by atoms with Crippen molar-refractivity contribution in [2.75, 3.05) is 0 Å². The summed E-state index contributed by atoms with van der Waals surface area (Å²) in [5.74, 6) is 0. The Kier molecular flexibility index (Phi) is 12.0. The Morgan fingerprint density at radius 1 is 0.545 bits per heavy atom. The maximum absolute atomic E-state index is 2.31. The Morgan fingerprint density at radius 3 is 1.32 bits per heavy atom. The molecule has 8 aromatic rings. The van der Waals surface area contributed by atoms with Crippen LogP contribution in [0.4, 0.5) is 0 Å². The number of hydrogen-bond donors (Lipinski definition) is 0. The van der Waals surface area contributed by atoms with Gasteiger partial charge in [-0.25, -0.2) is 0 Å². The molecule has 44 heavy (non-hydrogen) atoms. The monoisotopic (exact) mass is 740 g/mol. The van der Waals surface area contributed by atoms with Gasteiger partial charge in [0.2, 0.25) is 0 Å². The fraction of sp³-hybridized carbons (Fsp3) is 0.105. The molecule has 0 aliphatic heterocycles. The van der Waals surface area contributed by atoms with Gasteiger partial charge in [-0.15, -0.1) is 91.7 Å². The third kappa shape index (κ3) is 7.73. The average Bonchev–Trinajstić information content (AvgIpc) is 3.75. The van der Waals surface area contributed by atoms with Crippen molar-refractivity contribution in [3.63, 3.8) is 0 Å². The van der Waals surface area contributed by atoms with E-state index in [9.17, 15) is 0 Å². The maximum Gasteiger partial charge on any atom is 0.0349 e. The van der Waals surface area contributed by atoms with Crippen LogP contribution < -0.4 is 24.8 Å². The summed E-state index contributed by atoms with van der Waals surface area (Å²) in [4.78, 5) is 2.72. The predicted molar refractivity (Wildman–Crippen MR) is 188 cm³/mol. The molecule has 6 aromatic carbocycles. The molecular formula is C38H32Cl2S2SiZr-2. The van der Waals surface area contributed by atoms with Gasteiger partial charge < -0.3 is 24.8 Å². The largest absolute Gasteiger partial charge is 1.00 e. The first-order valence-corrected chi connectivity index (χ1v) is 22.0. The van der Waals surface area contributed by atoms with Crippen LogP contribution in [0, 0.1) is 13.8 Å². The van der Waals surface area contributed by atoms with Gasteiger partial charge in [0, 0.05) is 19.2 Å². The van der Waals surface area contributed by atoms with Crippen LogP contribution in [-0.2, 0) is 23.3 Å². The van der Waals surface area contributed by atoms with E-state index in [0.717, 1.165) is 0 Å². The minimum Gasteiger partial charge on any atom is -1.00 e. The summed E-state index contributed by atoms with van der Waals surface area (Å²) in [7, 11) is 0. The molecule has 8 rings (SSSR count). The molecule has 0 radical (unpaired) electrons. The van der Waals surface area contributed by atoms with Crippen LogP contribution >= 0.6 is 22.7 Å². The van der Waals surface area contributed by atoms with E-state index < -0.39 is 0 Å². The van der Waals surface area contributed by atoms with E-state index in [-0.39, 0.29) is 30.2 Å². The molecule has 0 N–H and O–H groups in total. The van der Waals surface area contributed by atoms with E-state index >= 15 is 0 Å². The van der Waals surface area contributed by atoms with Crippen LogP contribution in [0.2, 0.25) is 13.1 Å². The first-order chi connectivity index (χ1) is 20.4. The molecule has 0 saturated heterocycles. The van der Waals surface area contributed by atoms with Crippen molar-refractivity contribution in [1.29, 1.82) is 0 Å². The average molecular weight is 743 g/mol. The quantitative estimate of drug-likeness (QED) is 0.145. The molecule has 0 atom stereocenters. The van der Waals surface area contributed by atoms with Crippen LogP contribution in [-0.4, -0.2) is 5.43 Å². The topological polar surface area (TPSA) is 0 Å². The summed E-state index contributed by atoms with van der Waals surface area (Å²) >= 11 is 5.49. The molecule has 0 fully saturated rings. The smallest absolute Gasteiger partial charge is 0.0349 e. The Hall–Kier alpha value is -2.30. The van der Waals surface area contributed by atoms with E-state index in [4.69, 9.17) is 0 Å². The zero-order valence-corrected chi connectivity index (χ0v) is 31.7. The summed E-state index contributed by atoms with van der Waals surface area (Å²) in [6.45, 7) is 8.94. The zero-order valence-electron chi connectivity index (χ0n) is 25.1. The molecular weight excluding hydrogens is 711 g/mol. The van der Waals surface area contributed by atoms with Gasteiger partial charge in [-0.1, -0.05) is 73.5 Å². The van der Waals surface area contributed by atoms with Gasteiger partial charge in [0.1, 0.15) is 0 Å². The number of halogens is 2. The second-order valence-corrected chi connectivity index (χ2v) is 22.5. The summed E-state index contributed by atoms with van der Waals surface area (Å²) in [6, 6.07) is 44.0. The summed E-state index contributed by atoms with van der Waals surface area (Å²) in [5.41, 5.74) is 5.59. The second kappa shape index (κ2) is 15.3. The molecule has 0 aliphatic carbocycles. The third-order valence-corrected chi connectivity index (χ3v) is 9.47. The number of benzene rings is 4. The van der Waals surface area contributed by atoms with Gasteiger partial charge in [-0.3, -0.25) is 0 Å². The number of fused-ring (bicyclic) bond motifs is 4. The molecule has 0 spiro atoms. The van der Waals surface area contributed by atoms with E-state index in [1.807, 2.05) is 22.7 Å². The van der Waals surface area contributed by atoms with Crippen molar-refractivity contribution in [1.82, 2.24) is 0 Å². The van der Waals surface area contributed by atoms with Gasteiger partial charge in [-0.2, -0.15) is 12.1 Å². The van der Waals surface area contributed by atoms with E-state index in [0.29, 0.717) is 0 Å². The molecule has 0 aliphatic rings. The van der Waals surface area contributed by atoms with Crippen LogP contribution in [0.15, 0.2) is 121 Å². The van der Waals surface area contributed by atoms with Crippen molar-refractivity contribution in [2.24, 2.45) is 0 Å². The molecule has 2 heterocycles. The van der Waals surface area contributed by atoms with Gasteiger partial charge in [-0.05, 0) is 35.0 Å². The molecule has 0 saturated carbocycles. The first-order valence-electron chi connectivity index (χ1n) is 14.2. The minimum absolute atomic E-state index is 0. The van der Waals surface area contributed by atoms with E-state index in [2.05, 4.69) is 148 Å². The van der Waals surface area contributed by atoms with Crippen molar-refractivity contribution in [3.8, 4) is 20.9 Å². The molecule has 0 unspecified atom stereocenters. The SMILES string of the molecule is C[Si](C)=[Zr+2].Cc1cc2c(-c3cc4ccccc4s3)cccc2[cH-]1.Cc1cc2c(-c3cc4ccccc4s3)cccc2[cH-]1.[Cl-].[Cl-]. The fourth-order valence-corrected chi connectivity index (χ4v) is 7.63. The molecule has 220 valence electrons. The van der Waals surface area contributed by atoms with Crippen LogP contribution in [0.5, 0.6) is 0 Å². The Bertz CT molecular complexity index is 1960. The summed E-state index contributed by atoms with van der Waals surface area (Å²) < 4.78 is 2.72. The van der Waals surface area contributed by atoms with Crippen molar-refractivity contribution in [2.45, 2.75) is 26.9 Å². The number of hydrogen-bond acceptors (Lipinski definition) is 2. The second-order valence-electron chi connectivity index (χ2n) is 11.0. The standard InChI is InChI=1S/2C18H13S.C2H6Si.2ClH.Zr/c2*1-12-9-13-6-4-7-15(16(13)10-12)18-11-14-5-2-3-8-17(14)19-18;1-3-2;;;/h2*2-11H,1H3;1-2H3;2*1H;/q2*-1;;;;+2/p-2. The number of aryl methyl sites for hydroxylation is 2. The van der Waals surface area contributed by atoms with Crippen molar-refractivity contribution < 1.29 is 48.1 Å². The van der Waals surface area contributed by atoms with Crippen LogP contribution in [0.25, 0.3) is 62.6 Å². The third-order valence-electron chi connectivity index (χ3n) is 7.17. The fourth-order valence-electron chi connectivity index (χ4n) is 5.43. The molecule has 0 amide bonds. The summed E-state index contributed by atoms with van der Waals surface area (Å²) in [6.07, 6.45) is 0. The van der Waals surface area contributed by atoms with E-state index in [1.54, 1.807) is 23.3 Å². The maximum atomic E-state index is 2.31. The Balaban J connectivity index is 0.000000172. The molecule has 2 aromatic heterocycles. The van der Waals surface area contributed by atoms with Gasteiger partial charge in [0.05, 0.1) is 0 Å². The zero-order chi connectivity index (χ0) is 29.2. The van der Waals surface area contributed by atoms with Crippen molar-refractivity contribution in [3.05, 3.63) is 132 Å². The van der Waals surface area contributed by atoms with Gasteiger partial charge in [0.25, 0.3) is 0 Å². The van der Waals surface area contributed by atoms with Crippen LogP contribution in [0.1, 0.15) is 11.1 Å². The first kappa shape index (κ1) is 34.6. The predicted octanol–water partition coefficient (Wildman–Crippen LogP) is 6.29. The molecule has 0 nitrogen and oxygen atoms in total. The number of thiophene rings is 2. The molecule has 6 heteroatoms. The summed E-state index contributed by atoms with van der Waals surface area (Å²) in [5, 5.41) is 8.09. The Morgan fingerprint density at radius 2 is 0.932 bits per heavy atom. The van der Waals surface area contributed by atoms with Gasteiger partial charge >= 0.3 is 41.9 Å². The van der Waals surface area contributed by atoms with Crippen LogP contribution in [0.3, 0.4) is 0 Å². The van der Waals surface area contributed by atoms with E-state index in [1.165, 1.54) is 73.7 Å². The normalized spacial score (nSPS) is 10.5. The number of rotatable bonds is 2. The van der Waals surface area contributed by atoms with Gasteiger partial charge in [0.15, 0.2) is 0 Å². The molecule has 0 bridgehead atoms. The minimum atomic E-state index is 0. The van der Waals surface area contributed by atoms with Crippen molar-refractivity contribution >= 4 is 69.8 Å². The Labute approximate surface area is 295 Å².